The summed E-state index contributed by atoms with van der Waals surface area (Å²) < 4.78 is 15.7. The van der Waals surface area contributed by atoms with Crippen LogP contribution in [0.5, 0.6) is 17.4 Å². The van der Waals surface area contributed by atoms with Gasteiger partial charge in [0.05, 0.1) is 21.3 Å². The first-order valence-corrected chi connectivity index (χ1v) is 7.00. The van der Waals surface area contributed by atoms with Gasteiger partial charge in [0.2, 0.25) is 5.88 Å². The summed E-state index contributed by atoms with van der Waals surface area (Å²) in [5, 5.41) is 3.27. The van der Waals surface area contributed by atoms with Crippen molar-refractivity contribution in [3.63, 3.8) is 0 Å². The zero-order chi connectivity index (χ0) is 15.9. The van der Waals surface area contributed by atoms with Crippen molar-refractivity contribution >= 4 is 5.82 Å². The normalized spacial score (nSPS) is 10.2. The van der Waals surface area contributed by atoms with Crippen molar-refractivity contribution in [2.75, 3.05) is 33.2 Å². The number of methoxy groups -OCH3 is 3. The minimum Gasteiger partial charge on any atom is -0.493 e. The average Bonchev–Trinajstić information content (AvgIpc) is 2.54. The van der Waals surface area contributed by atoms with Gasteiger partial charge < -0.3 is 19.5 Å². The van der Waals surface area contributed by atoms with Gasteiger partial charge in [0, 0.05) is 12.6 Å². The van der Waals surface area contributed by atoms with Crippen LogP contribution in [0.25, 0.3) is 0 Å². The number of rotatable bonds is 7. The van der Waals surface area contributed by atoms with Crippen molar-refractivity contribution in [3.05, 3.63) is 35.7 Å². The Bertz CT molecular complexity index is 632. The molecule has 22 heavy (non-hydrogen) atoms. The fraction of sp³-hybridized carbons (Fsp3) is 0.375. The minimum atomic E-state index is 0.557. The molecule has 0 aliphatic heterocycles. The van der Waals surface area contributed by atoms with E-state index in [0.29, 0.717) is 11.7 Å². The number of ether oxygens (including phenoxy) is 3. The molecular formula is C16H21N3O3. The largest absolute Gasteiger partial charge is 0.493 e. The van der Waals surface area contributed by atoms with Crippen LogP contribution in [0.2, 0.25) is 0 Å². The van der Waals surface area contributed by atoms with E-state index in [1.54, 1.807) is 27.4 Å². The second-order valence-corrected chi connectivity index (χ2v) is 4.71. The number of hydrogen-bond donors (Lipinski definition) is 1. The van der Waals surface area contributed by atoms with Gasteiger partial charge in [-0.1, -0.05) is 6.07 Å². The van der Waals surface area contributed by atoms with Crippen molar-refractivity contribution in [2.45, 2.75) is 13.3 Å². The first-order valence-electron chi connectivity index (χ1n) is 7.00. The maximum absolute atomic E-state index is 5.30. The van der Waals surface area contributed by atoms with Gasteiger partial charge >= 0.3 is 0 Å². The fourth-order valence-electron chi connectivity index (χ4n) is 2.11. The fourth-order valence-corrected chi connectivity index (χ4v) is 2.11. The zero-order valence-electron chi connectivity index (χ0n) is 13.3. The maximum atomic E-state index is 5.30. The van der Waals surface area contributed by atoms with E-state index in [9.17, 15) is 0 Å². The molecule has 118 valence electrons. The molecule has 0 saturated heterocycles. The molecule has 0 unspecified atom stereocenters. The van der Waals surface area contributed by atoms with E-state index >= 15 is 0 Å². The smallest absolute Gasteiger partial charge is 0.218 e. The molecule has 1 aromatic heterocycles. The summed E-state index contributed by atoms with van der Waals surface area (Å²) >= 11 is 0. The minimum absolute atomic E-state index is 0.557. The number of nitrogens with zero attached hydrogens (tertiary/aromatic N) is 2. The van der Waals surface area contributed by atoms with Crippen LogP contribution >= 0.6 is 0 Å². The highest BCUT2D eigenvalue weighted by Crippen LogP contribution is 2.27. The number of aromatic nitrogens is 2. The number of aryl methyl sites for hydroxylation is 1. The lowest BCUT2D eigenvalue weighted by atomic mass is 10.1. The third kappa shape index (κ3) is 4.00. The molecule has 1 heterocycles. The van der Waals surface area contributed by atoms with E-state index in [0.717, 1.165) is 35.8 Å². The van der Waals surface area contributed by atoms with Crippen LogP contribution in [0.1, 0.15) is 11.4 Å². The highest BCUT2D eigenvalue weighted by Gasteiger charge is 2.05. The Hall–Kier alpha value is -2.50. The summed E-state index contributed by atoms with van der Waals surface area (Å²) in [6.45, 7) is 2.58. The summed E-state index contributed by atoms with van der Waals surface area (Å²) in [6.07, 6.45) is 0.839. The van der Waals surface area contributed by atoms with Gasteiger partial charge in [-0.3, -0.25) is 0 Å². The van der Waals surface area contributed by atoms with Crippen LogP contribution in [-0.2, 0) is 6.42 Å². The molecule has 2 rings (SSSR count). The molecule has 6 nitrogen and oxygen atoms in total. The van der Waals surface area contributed by atoms with Crippen LogP contribution in [0, 0.1) is 6.92 Å². The summed E-state index contributed by atoms with van der Waals surface area (Å²) in [5.41, 5.74) is 1.16. The van der Waals surface area contributed by atoms with Crippen LogP contribution in [0.3, 0.4) is 0 Å². The second kappa shape index (κ2) is 7.49. The highest BCUT2D eigenvalue weighted by atomic mass is 16.5. The Morgan fingerprint density at radius 2 is 1.73 bits per heavy atom. The van der Waals surface area contributed by atoms with Gasteiger partial charge in [0.15, 0.2) is 11.5 Å². The quantitative estimate of drug-likeness (QED) is 0.847. The molecule has 0 radical (unpaired) electrons. The van der Waals surface area contributed by atoms with Gasteiger partial charge in [0.25, 0.3) is 0 Å². The van der Waals surface area contributed by atoms with E-state index in [2.05, 4.69) is 15.3 Å². The molecule has 1 N–H and O–H groups in total. The van der Waals surface area contributed by atoms with E-state index in [4.69, 9.17) is 14.2 Å². The van der Waals surface area contributed by atoms with E-state index < -0.39 is 0 Å². The molecule has 0 atom stereocenters. The Labute approximate surface area is 130 Å². The van der Waals surface area contributed by atoms with Crippen LogP contribution in [-0.4, -0.2) is 37.8 Å². The number of nitrogens with one attached hydrogen (secondary N) is 1. The first kappa shape index (κ1) is 15.9. The lowest BCUT2D eigenvalue weighted by molar-refractivity contribution is 0.354. The van der Waals surface area contributed by atoms with Crippen molar-refractivity contribution in [3.8, 4) is 17.4 Å². The predicted molar refractivity (Wildman–Crippen MR) is 85.1 cm³/mol. The van der Waals surface area contributed by atoms with Gasteiger partial charge in [-0.2, -0.15) is 4.98 Å². The van der Waals surface area contributed by atoms with Crippen molar-refractivity contribution in [1.82, 2.24) is 9.97 Å². The standard InChI is InChI=1S/C16H21N3O3/c1-11-18-15(10-16(19-11)22-4)17-8-7-12-5-6-13(20-2)14(9-12)21-3/h5-6,9-10H,7-8H2,1-4H3,(H,17,18,19). The first-order chi connectivity index (χ1) is 10.7. The molecule has 2 aromatic rings. The van der Waals surface area contributed by atoms with Crippen molar-refractivity contribution in [2.24, 2.45) is 0 Å². The van der Waals surface area contributed by atoms with E-state index in [1.807, 2.05) is 25.1 Å². The molecule has 0 bridgehead atoms. The van der Waals surface area contributed by atoms with Crippen molar-refractivity contribution < 1.29 is 14.2 Å². The van der Waals surface area contributed by atoms with E-state index in [1.165, 1.54) is 0 Å². The summed E-state index contributed by atoms with van der Waals surface area (Å²) in [7, 11) is 4.86. The Morgan fingerprint density at radius 1 is 0.955 bits per heavy atom. The van der Waals surface area contributed by atoms with Gasteiger partial charge in [0.1, 0.15) is 11.6 Å². The summed E-state index contributed by atoms with van der Waals surface area (Å²) in [5.74, 6) is 3.45. The molecule has 0 aliphatic carbocycles. The number of hydrogen-bond acceptors (Lipinski definition) is 6. The Kier molecular flexibility index (Phi) is 5.41. The van der Waals surface area contributed by atoms with Gasteiger partial charge in [-0.25, -0.2) is 4.98 Å². The van der Waals surface area contributed by atoms with Crippen molar-refractivity contribution in [1.29, 1.82) is 0 Å². The molecule has 0 fully saturated rings. The molecular weight excluding hydrogens is 282 g/mol. The maximum Gasteiger partial charge on any atom is 0.218 e. The lowest BCUT2D eigenvalue weighted by Gasteiger charge is -2.11. The van der Waals surface area contributed by atoms with E-state index in [-0.39, 0.29) is 0 Å². The highest BCUT2D eigenvalue weighted by molar-refractivity contribution is 5.43. The molecule has 0 spiro atoms. The summed E-state index contributed by atoms with van der Waals surface area (Å²) in [4.78, 5) is 8.48. The number of benzene rings is 1. The monoisotopic (exact) mass is 303 g/mol. The third-order valence-electron chi connectivity index (χ3n) is 3.19. The number of anilines is 1. The molecule has 0 aliphatic rings. The second-order valence-electron chi connectivity index (χ2n) is 4.71. The third-order valence-corrected chi connectivity index (χ3v) is 3.19. The zero-order valence-corrected chi connectivity index (χ0v) is 13.3. The van der Waals surface area contributed by atoms with Crippen LogP contribution in [0.15, 0.2) is 24.3 Å². The topological polar surface area (TPSA) is 65.5 Å². The summed E-state index contributed by atoms with van der Waals surface area (Å²) in [6, 6.07) is 7.69. The molecule has 0 saturated carbocycles. The SMILES string of the molecule is COc1cc(NCCc2ccc(OC)c(OC)c2)nc(C)n1. The van der Waals surface area contributed by atoms with Gasteiger partial charge in [-0.05, 0) is 31.0 Å². The predicted octanol–water partition coefficient (Wildman–Crippen LogP) is 2.47. The Balaban J connectivity index is 1.97. The van der Waals surface area contributed by atoms with Crippen LogP contribution in [0.4, 0.5) is 5.82 Å². The van der Waals surface area contributed by atoms with Gasteiger partial charge in [-0.15, -0.1) is 0 Å². The molecule has 1 aromatic carbocycles. The molecule has 6 heteroatoms. The van der Waals surface area contributed by atoms with Crippen LogP contribution < -0.4 is 19.5 Å². The average molecular weight is 303 g/mol. The lowest BCUT2D eigenvalue weighted by Crippen LogP contribution is -2.08. The molecule has 0 amide bonds. The Morgan fingerprint density at radius 3 is 2.41 bits per heavy atom.